The van der Waals surface area contributed by atoms with Crippen LogP contribution < -0.4 is 0 Å². The molecular weight excluding hydrogens is 310 g/mol. The molecule has 0 aromatic carbocycles. The number of hydrogen-bond acceptors (Lipinski definition) is 1. The summed E-state index contributed by atoms with van der Waals surface area (Å²) >= 11 is 9.98. The first-order chi connectivity index (χ1) is 8.75. The van der Waals surface area contributed by atoms with E-state index in [0.717, 1.165) is 17.4 Å². The van der Waals surface area contributed by atoms with Crippen molar-refractivity contribution in [2.24, 2.45) is 5.92 Å². The van der Waals surface area contributed by atoms with Crippen LogP contribution in [0, 0.1) is 5.92 Å². The monoisotopic (exact) mass is 329 g/mol. The van der Waals surface area contributed by atoms with Crippen molar-refractivity contribution in [1.82, 2.24) is 4.98 Å². The van der Waals surface area contributed by atoms with Crippen molar-refractivity contribution in [2.75, 3.05) is 0 Å². The summed E-state index contributed by atoms with van der Waals surface area (Å²) in [6.45, 7) is 0. The highest BCUT2D eigenvalue weighted by Gasteiger charge is 2.17. The van der Waals surface area contributed by atoms with Crippen LogP contribution in [0.25, 0.3) is 0 Å². The zero-order valence-electron chi connectivity index (χ0n) is 10.7. The van der Waals surface area contributed by atoms with Crippen molar-refractivity contribution < 1.29 is 0 Å². The molecule has 1 fully saturated rings. The van der Waals surface area contributed by atoms with Crippen molar-refractivity contribution in [1.29, 1.82) is 0 Å². The zero-order chi connectivity index (χ0) is 12.8. The van der Waals surface area contributed by atoms with Crippen LogP contribution in [0.2, 0.25) is 5.02 Å². The molecule has 1 aromatic rings. The predicted molar refractivity (Wildman–Crippen MR) is 81.5 cm³/mol. The van der Waals surface area contributed by atoms with Gasteiger partial charge < -0.3 is 0 Å². The molecule has 1 aliphatic rings. The molecule has 1 aliphatic carbocycles. The average Bonchev–Trinajstić information content (AvgIpc) is 2.61. The van der Waals surface area contributed by atoms with Crippen LogP contribution in [0.3, 0.4) is 0 Å². The normalized spacial score (nSPS) is 19.4. The number of hydrogen-bond donors (Lipinski definition) is 0. The SMILES string of the molecule is Clc1cnccc1CC(Br)CC1CCCCCC1. The Balaban J connectivity index is 1.84. The first-order valence-corrected chi connectivity index (χ1v) is 8.27. The van der Waals surface area contributed by atoms with E-state index in [9.17, 15) is 0 Å². The maximum atomic E-state index is 6.15. The fourth-order valence-electron chi connectivity index (χ4n) is 2.85. The number of alkyl halides is 1. The van der Waals surface area contributed by atoms with E-state index in [-0.39, 0.29) is 0 Å². The maximum Gasteiger partial charge on any atom is 0.0621 e. The average molecular weight is 331 g/mol. The van der Waals surface area contributed by atoms with Crippen molar-refractivity contribution in [3.63, 3.8) is 0 Å². The third kappa shape index (κ3) is 4.55. The van der Waals surface area contributed by atoms with Crippen LogP contribution in [-0.2, 0) is 6.42 Å². The summed E-state index contributed by atoms with van der Waals surface area (Å²) in [7, 11) is 0. The minimum absolute atomic E-state index is 0.542. The van der Waals surface area contributed by atoms with Gasteiger partial charge in [0.05, 0.1) is 5.02 Å². The molecule has 1 nitrogen and oxygen atoms in total. The van der Waals surface area contributed by atoms with Crippen LogP contribution in [0.15, 0.2) is 18.5 Å². The summed E-state index contributed by atoms with van der Waals surface area (Å²) < 4.78 is 0. The van der Waals surface area contributed by atoms with Gasteiger partial charge in [-0.25, -0.2) is 0 Å². The summed E-state index contributed by atoms with van der Waals surface area (Å²) in [6, 6.07) is 2.03. The molecule has 0 aliphatic heterocycles. The van der Waals surface area contributed by atoms with Crippen LogP contribution >= 0.6 is 27.5 Å². The number of nitrogens with zero attached hydrogens (tertiary/aromatic N) is 1. The number of rotatable bonds is 4. The Kier molecular flexibility index (Phi) is 5.97. The molecular formula is C15H21BrClN. The Morgan fingerprint density at radius 1 is 1.28 bits per heavy atom. The first-order valence-electron chi connectivity index (χ1n) is 6.98. The van der Waals surface area contributed by atoms with Gasteiger partial charge in [-0.15, -0.1) is 0 Å². The van der Waals surface area contributed by atoms with Gasteiger partial charge in [0.1, 0.15) is 0 Å². The van der Waals surface area contributed by atoms with Gasteiger partial charge in [-0.3, -0.25) is 4.98 Å². The molecule has 18 heavy (non-hydrogen) atoms. The molecule has 1 heterocycles. The van der Waals surface area contributed by atoms with Gasteiger partial charge in [-0.1, -0.05) is 66.1 Å². The number of halogens is 2. The molecule has 0 spiro atoms. The van der Waals surface area contributed by atoms with Gasteiger partial charge in [0.25, 0.3) is 0 Å². The minimum atomic E-state index is 0.542. The highest BCUT2D eigenvalue weighted by Crippen LogP contribution is 2.30. The molecule has 1 aromatic heterocycles. The van der Waals surface area contributed by atoms with E-state index in [0.29, 0.717) is 4.83 Å². The third-order valence-electron chi connectivity index (χ3n) is 3.86. The molecule has 2 rings (SSSR count). The summed E-state index contributed by atoms with van der Waals surface area (Å²) in [5.41, 5.74) is 1.21. The molecule has 0 saturated heterocycles. The van der Waals surface area contributed by atoms with E-state index >= 15 is 0 Å². The van der Waals surface area contributed by atoms with Crippen molar-refractivity contribution in [2.45, 2.75) is 56.2 Å². The molecule has 1 atom stereocenters. The molecule has 0 bridgehead atoms. The van der Waals surface area contributed by atoms with Gasteiger partial charge >= 0.3 is 0 Å². The number of pyridine rings is 1. The quantitative estimate of drug-likeness (QED) is 0.532. The topological polar surface area (TPSA) is 12.9 Å². The summed E-state index contributed by atoms with van der Waals surface area (Å²) in [4.78, 5) is 4.58. The second-order valence-electron chi connectivity index (χ2n) is 5.36. The second kappa shape index (κ2) is 7.49. The molecule has 3 heteroatoms. The van der Waals surface area contributed by atoms with E-state index in [2.05, 4.69) is 20.9 Å². The highest BCUT2D eigenvalue weighted by molar-refractivity contribution is 9.09. The minimum Gasteiger partial charge on any atom is -0.263 e. The molecule has 1 unspecified atom stereocenters. The fraction of sp³-hybridized carbons (Fsp3) is 0.667. The van der Waals surface area contributed by atoms with Crippen molar-refractivity contribution >= 4 is 27.5 Å². The summed E-state index contributed by atoms with van der Waals surface area (Å²) in [5.74, 6) is 0.900. The fourth-order valence-corrected chi connectivity index (χ4v) is 3.93. The number of aromatic nitrogens is 1. The molecule has 0 radical (unpaired) electrons. The van der Waals surface area contributed by atoms with Crippen LogP contribution in [0.5, 0.6) is 0 Å². The van der Waals surface area contributed by atoms with Crippen LogP contribution in [0.4, 0.5) is 0 Å². The Morgan fingerprint density at radius 3 is 2.67 bits per heavy atom. The lowest BCUT2D eigenvalue weighted by Crippen LogP contribution is -2.11. The van der Waals surface area contributed by atoms with E-state index < -0.39 is 0 Å². The lowest BCUT2D eigenvalue weighted by Gasteiger charge is -2.18. The van der Waals surface area contributed by atoms with Gasteiger partial charge in [0.2, 0.25) is 0 Å². The van der Waals surface area contributed by atoms with Crippen molar-refractivity contribution in [3.8, 4) is 0 Å². The highest BCUT2D eigenvalue weighted by atomic mass is 79.9. The van der Waals surface area contributed by atoms with E-state index in [1.165, 1.54) is 50.5 Å². The molecule has 0 N–H and O–H groups in total. The van der Waals surface area contributed by atoms with Gasteiger partial charge in [-0.2, -0.15) is 0 Å². The van der Waals surface area contributed by atoms with Crippen LogP contribution in [-0.4, -0.2) is 9.81 Å². The second-order valence-corrected chi connectivity index (χ2v) is 7.06. The Labute approximate surface area is 123 Å². The van der Waals surface area contributed by atoms with E-state index in [1.54, 1.807) is 6.20 Å². The molecule has 1 saturated carbocycles. The smallest absolute Gasteiger partial charge is 0.0621 e. The summed E-state index contributed by atoms with van der Waals surface area (Å²) in [6.07, 6.45) is 14.4. The third-order valence-corrected chi connectivity index (χ3v) is 4.90. The first kappa shape index (κ1) is 14.3. The largest absolute Gasteiger partial charge is 0.263 e. The zero-order valence-corrected chi connectivity index (χ0v) is 13.1. The molecule has 100 valence electrons. The lowest BCUT2D eigenvalue weighted by atomic mass is 9.93. The standard InChI is InChI=1S/C15H21BrClN/c16-14(9-12-5-3-1-2-4-6-12)10-13-7-8-18-11-15(13)17/h7-8,11-12,14H,1-6,9-10H2. The lowest BCUT2D eigenvalue weighted by molar-refractivity contribution is 0.423. The van der Waals surface area contributed by atoms with E-state index in [1.807, 2.05) is 12.3 Å². The predicted octanol–water partition coefficient (Wildman–Crippen LogP) is 5.40. The summed E-state index contributed by atoms with van der Waals surface area (Å²) in [5, 5.41) is 0.794. The van der Waals surface area contributed by atoms with Crippen molar-refractivity contribution in [3.05, 3.63) is 29.0 Å². The van der Waals surface area contributed by atoms with E-state index in [4.69, 9.17) is 11.6 Å². The van der Waals surface area contributed by atoms with Crippen LogP contribution in [0.1, 0.15) is 50.5 Å². The Bertz CT molecular complexity index is 361. The Morgan fingerprint density at radius 2 is 2.00 bits per heavy atom. The van der Waals surface area contributed by atoms with Gasteiger partial charge in [0, 0.05) is 17.2 Å². The molecule has 0 amide bonds. The van der Waals surface area contributed by atoms with Gasteiger partial charge in [-0.05, 0) is 30.4 Å². The Hall–Kier alpha value is -0.0800. The van der Waals surface area contributed by atoms with Gasteiger partial charge in [0.15, 0.2) is 0 Å². The maximum absolute atomic E-state index is 6.15.